The highest BCUT2D eigenvalue weighted by atomic mass is 15.2. The van der Waals surface area contributed by atoms with Crippen LogP contribution in [0.4, 0.5) is 0 Å². The summed E-state index contributed by atoms with van der Waals surface area (Å²) in [4.78, 5) is 2.80. The normalized spacial score (nSPS) is 34.4. The third-order valence-electron chi connectivity index (χ3n) is 5.89. The van der Waals surface area contributed by atoms with Crippen molar-refractivity contribution in [3.63, 3.8) is 0 Å². The van der Waals surface area contributed by atoms with Crippen molar-refractivity contribution in [2.45, 2.75) is 72.1 Å². The van der Waals surface area contributed by atoms with Crippen LogP contribution in [0.2, 0.25) is 0 Å². The Morgan fingerprint density at radius 3 is 2.52 bits per heavy atom. The molecule has 1 aliphatic heterocycles. The van der Waals surface area contributed by atoms with Crippen LogP contribution >= 0.6 is 0 Å². The molecule has 1 heterocycles. The van der Waals surface area contributed by atoms with Gasteiger partial charge in [0.05, 0.1) is 0 Å². The molecule has 0 bridgehead atoms. The predicted molar refractivity (Wildman–Crippen MR) is 92.7 cm³/mol. The molecule has 0 amide bonds. The first-order valence-corrected chi connectivity index (χ1v) is 9.60. The van der Waals surface area contributed by atoms with E-state index >= 15 is 0 Å². The molecule has 2 nitrogen and oxygen atoms in total. The summed E-state index contributed by atoms with van der Waals surface area (Å²) in [6.07, 6.45) is 11.3. The Balaban J connectivity index is 1.86. The second-order valence-electron chi connectivity index (χ2n) is 8.04. The van der Waals surface area contributed by atoms with Gasteiger partial charge in [0, 0.05) is 19.6 Å². The quantitative estimate of drug-likeness (QED) is 0.671. The van der Waals surface area contributed by atoms with Crippen molar-refractivity contribution in [1.29, 1.82) is 0 Å². The molecule has 2 rings (SSSR count). The Kier molecular flexibility index (Phi) is 7.01. The fourth-order valence-corrected chi connectivity index (χ4v) is 4.47. The summed E-state index contributed by atoms with van der Waals surface area (Å²) in [6.45, 7) is 13.6. The van der Waals surface area contributed by atoms with Crippen LogP contribution in [0.5, 0.6) is 0 Å². The molecule has 1 aliphatic carbocycles. The van der Waals surface area contributed by atoms with E-state index < -0.39 is 0 Å². The van der Waals surface area contributed by atoms with Gasteiger partial charge in [0.1, 0.15) is 0 Å². The molecule has 124 valence electrons. The Labute approximate surface area is 133 Å². The number of nitrogens with one attached hydrogen (secondary N) is 1. The third-order valence-corrected chi connectivity index (χ3v) is 5.89. The van der Waals surface area contributed by atoms with E-state index in [0.717, 1.165) is 11.8 Å². The van der Waals surface area contributed by atoms with Gasteiger partial charge in [-0.05, 0) is 62.4 Å². The molecule has 2 aliphatic rings. The molecule has 0 aromatic carbocycles. The molecule has 1 N–H and O–H groups in total. The second-order valence-corrected chi connectivity index (χ2v) is 8.04. The molecule has 0 aromatic rings. The first kappa shape index (κ1) is 17.3. The zero-order valence-electron chi connectivity index (χ0n) is 14.8. The van der Waals surface area contributed by atoms with Crippen molar-refractivity contribution in [2.75, 3.05) is 32.7 Å². The third kappa shape index (κ3) is 5.25. The van der Waals surface area contributed by atoms with E-state index in [-0.39, 0.29) is 0 Å². The molecule has 1 saturated heterocycles. The Morgan fingerprint density at radius 1 is 1.10 bits per heavy atom. The molecule has 0 aromatic heterocycles. The first-order valence-electron chi connectivity index (χ1n) is 9.60. The molecule has 1 saturated carbocycles. The Hall–Kier alpha value is -0.0800. The maximum Gasteiger partial charge on any atom is 0.00503 e. The van der Waals surface area contributed by atoms with Gasteiger partial charge in [-0.1, -0.05) is 40.0 Å². The SMILES string of the molecule is CCCNCC1(CN2CCC(CCC)C2)CCC(C)CC1. The fraction of sp³-hybridized carbons (Fsp3) is 1.00. The highest BCUT2D eigenvalue weighted by Crippen LogP contribution is 2.40. The van der Waals surface area contributed by atoms with Gasteiger partial charge in [-0.3, -0.25) is 0 Å². The Bertz CT molecular complexity index is 281. The zero-order valence-corrected chi connectivity index (χ0v) is 14.8. The van der Waals surface area contributed by atoms with E-state index in [9.17, 15) is 0 Å². The van der Waals surface area contributed by atoms with E-state index in [1.807, 2.05) is 0 Å². The van der Waals surface area contributed by atoms with Crippen LogP contribution in [0.15, 0.2) is 0 Å². The van der Waals surface area contributed by atoms with E-state index in [1.165, 1.54) is 84.1 Å². The minimum absolute atomic E-state index is 0.572. The van der Waals surface area contributed by atoms with Crippen molar-refractivity contribution in [1.82, 2.24) is 10.2 Å². The molecule has 0 radical (unpaired) electrons. The summed E-state index contributed by atoms with van der Waals surface area (Å²) in [5.74, 6) is 1.94. The second kappa shape index (κ2) is 8.53. The standard InChI is InChI=1S/C19H38N2/c1-4-6-18-9-13-21(14-18)16-19(15-20-12-5-2)10-7-17(3)8-11-19/h17-18,20H,4-16H2,1-3H3. The van der Waals surface area contributed by atoms with Gasteiger partial charge < -0.3 is 10.2 Å². The fourth-order valence-electron chi connectivity index (χ4n) is 4.47. The summed E-state index contributed by atoms with van der Waals surface area (Å²) >= 11 is 0. The summed E-state index contributed by atoms with van der Waals surface area (Å²) in [5, 5.41) is 3.74. The molecule has 1 atom stereocenters. The van der Waals surface area contributed by atoms with Crippen molar-refractivity contribution >= 4 is 0 Å². The van der Waals surface area contributed by atoms with Gasteiger partial charge in [-0.15, -0.1) is 0 Å². The Morgan fingerprint density at radius 2 is 1.86 bits per heavy atom. The maximum absolute atomic E-state index is 3.74. The van der Waals surface area contributed by atoms with E-state index in [2.05, 4.69) is 31.0 Å². The average Bonchev–Trinajstić information content (AvgIpc) is 2.90. The number of rotatable bonds is 8. The highest BCUT2D eigenvalue weighted by molar-refractivity contribution is 4.91. The van der Waals surface area contributed by atoms with Crippen LogP contribution in [0, 0.1) is 17.3 Å². The largest absolute Gasteiger partial charge is 0.316 e. The lowest BCUT2D eigenvalue weighted by atomic mass is 9.70. The van der Waals surface area contributed by atoms with Gasteiger partial charge in [0.15, 0.2) is 0 Å². The van der Waals surface area contributed by atoms with E-state index in [4.69, 9.17) is 0 Å². The number of nitrogens with zero attached hydrogens (tertiary/aromatic N) is 1. The van der Waals surface area contributed by atoms with Crippen molar-refractivity contribution in [3.05, 3.63) is 0 Å². The molecule has 1 unspecified atom stereocenters. The van der Waals surface area contributed by atoms with Gasteiger partial charge in [-0.25, -0.2) is 0 Å². The van der Waals surface area contributed by atoms with Crippen LogP contribution in [0.1, 0.15) is 72.1 Å². The molecular formula is C19H38N2. The predicted octanol–water partition coefficient (Wildman–Crippen LogP) is 4.30. The number of hydrogen-bond donors (Lipinski definition) is 1. The summed E-state index contributed by atoms with van der Waals surface area (Å²) in [5.41, 5.74) is 0.572. The van der Waals surface area contributed by atoms with Crippen LogP contribution in [-0.2, 0) is 0 Å². The number of likely N-dealkylation sites (tertiary alicyclic amines) is 1. The smallest absolute Gasteiger partial charge is 0.00503 e. The van der Waals surface area contributed by atoms with Crippen molar-refractivity contribution in [2.24, 2.45) is 17.3 Å². The van der Waals surface area contributed by atoms with Crippen LogP contribution < -0.4 is 5.32 Å². The number of hydrogen-bond acceptors (Lipinski definition) is 2. The minimum atomic E-state index is 0.572. The van der Waals surface area contributed by atoms with Gasteiger partial charge >= 0.3 is 0 Å². The lowest BCUT2D eigenvalue weighted by Gasteiger charge is -2.42. The molecular weight excluding hydrogens is 256 g/mol. The van der Waals surface area contributed by atoms with Gasteiger partial charge in [0.2, 0.25) is 0 Å². The molecule has 2 fully saturated rings. The van der Waals surface area contributed by atoms with Crippen molar-refractivity contribution in [3.8, 4) is 0 Å². The minimum Gasteiger partial charge on any atom is -0.316 e. The van der Waals surface area contributed by atoms with E-state index in [0.29, 0.717) is 5.41 Å². The monoisotopic (exact) mass is 294 g/mol. The van der Waals surface area contributed by atoms with Gasteiger partial charge in [-0.2, -0.15) is 0 Å². The maximum atomic E-state index is 3.74. The summed E-state index contributed by atoms with van der Waals surface area (Å²) < 4.78 is 0. The lowest BCUT2D eigenvalue weighted by molar-refractivity contribution is 0.0962. The average molecular weight is 295 g/mol. The topological polar surface area (TPSA) is 15.3 Å². The molecule has 2 heteroatoms. The molecule has 21 heavy (non-hydrogen) atoms. The van der Waals surface area contributed by atoms with Crippen LogP contribution in [0.3, 0.4) is 0 Å². The van der Waals surface area contributed by atoms with Crippen molar-refractivity contribution < 1.29 is 0 Å². The highest BCUT2D eigenvalue weighted by Gasteiger charge is 2.37. The van der Waals surface area contributed by atoms with Crippen LogP contribution in [0.25, 0.3) is 0 Å². The van der Waals surface area contributed by atoms with Gasteiger partial charge in [0.25, 0.3) is 0 Å². The van der Waals surface area contributed by atoms with E-state index in [1.54, 1.807) is 0 Å². The zero-order chi connectivity index (χ0) is 15.1. The summed E-state index contributed by atoms with van der Waals surface area (Å²) in [6, 6.07) is 0. The first-order chi connectivity index (χ1) is 10.2. The summed E-state index contributed by atoms with van der Waals surface area (Å²) in [7, 11) is 0. The van der Waals surface area contributed by atoms with Crippen LogP contribution in [-0.4, -0.2) is 37.6 Å². The molecule has 0 spiro atoms. The lowest BCUT2D eigenvalue weighted by Crippen LogP contribution is -2.45.